The molecule has 5 aliphatic heterocycles. The van der Waals surface area contributed by atoms with Crippen molar-refractivity contribution >= 4 is 89.4 Å². The first kappa shape index (κ1) is 98.1. The molecule has 0 aromatic heterocycles. The Hall–Kier alpha value is -7.00. The van der Waals surface area contributed by atoms with Gasteiger partial charge in [0, 0.05) is 51.9 Å². The molecule has 7 rings (SSSR count). The topological polar surface area (TPSA) is 489 Å². The van der Waals surface area contributed by atoms with E-state index in [1.165, 1.54) is 41.4 Å². The van der Waals surface area contributed by atoms with Crippen molar-refractivity contribution < 1.29 is 140 Å². The molecule has 0 radical (unpaired) electrons. The molecule has 20 atom stereocenters. The van der Waals surface area contributed by atoms with Crippen LogP contribution in [0, 0.1) is 5.82 Å². The van der Waals surface area contributed by atoms with Gasteiger partial charge in [-0.3, -0.25) is 14.5 Å². The Morgan fingerprint density at radius 3 is 1.38 bits per heavy atom. The highest BCUT2D eigenvalue weighted by Crippen LogP contribution is 2.39. The summed E-state index contributed by atoms with van der Waals surface area (Å²) in [6, 6.07) is -1.94. The highest BCUT2D eigenvalue weighted by Gasteiger charge is 2.58. The number of aliphatic hydroxyl groups is 6. The van der Waals surface area contributed by atoms with E-state index in [0.717, 1.165) is 19.3 Å². The highest BCUT2D eigenvalue weighted by molar-refractivity contribution is 8.00. The van der Waals surface area contributed by atoms with E-state index in [9.17, 15) is 73.8 Å². The first-order chi connectivity index (χ1) is 54.7. The van der Waals surface area contributed by atoms with E-state index < -0.39 is 224 Å². The van der Waals surface area contributed by atoms with Crippen LogP contribution in [-0.2, 0) is 71.2 Å². The molecule has 41 heteroatoms. The molecule has 1 saturated carbocycles. The van der Waals surface area contributed by atoms with Gasteiger partial charge in [0.05, 0.1) is 48.4 Å². The molecular weight excluding hydrogens is 1600 g/mol. The summed E-state index contributed by atoms with van der Waals surface area (Å²) in [4.78, 5) is 124. The van der Waals surface area contributed by atoms with Crippen LogP contribution < -0.4 is 47.0 Å². The molecule has 0 bridgehead atoms. The van der Waals surface area contributed by atoms with Crippen molar-refractivity contribution in [2.75, 3.05) is 85.2 Å². The first-order valence-corrected chi connectivity index (χ1v) is 42.1. The molecule has 0 spiro atoms. The van der Waals surface area contributed by atoms with Gasteiger partial charge in [-0.1, -0.05) is 12.8 Å². The van der Waals surface area contributed by atoms with Crippen LogP contribution in [0.2, 0.25) is 0 Å². The second-order valence-electron chi connectivity index (χ2n) is 35.8. The number of thioether (sulfide) groups is 2. The summed E-state index contributed by atoms with van der Waals surface area (Å²) in [7, 11) is 0. The third-order valence-corrected chi connectivity index (χ3v) is 20.7. The molecule has 6 aliphatic rings. The number of aliphatic hydroxyl groups excluding tert-OH is 6. The number of benzene rings is 1. The second-order valence-corrected chi connectivity index (χ2v) is 38.1. The summed E-state index contributed by atoms with van der Waals surface area (Å²) in [5.41, 5.74) is -5.78. The van der Waals surface area contributed by atoms with Gasteiger partial charge in [0.2, 0.25) is 11.8 Å². The Morgan fingerprint density at radius 2 is 0.915 bits per heavy atom. The summed E-state index contributed by atoms with van der Waals surface area (Å²) >= 11 is 2.86. The largest absolute Gasteiger partial charge is 0.444 e. The Labute approximate surface area is 697 Å². The molecule has 13 N–H and O–H groups in total. The Morgan fingerprint density at radius 1 is 0.483 bits per heavy atom. The fraction of sp³-hybridized carbons (Fsp3) is 0.805. The van der Waals surface area contributed by atoms with Gasteiger partial charge in [-0.25, -0.2) is 38.0 Å². The molecule has 118 heavy (non-hydrogen) atoms. The number of unbranched alkanes of at least 4 members (excludes halogenated alkanes) is 3. The molecule has 5 heterocycles. The molecule has 9 amide bonds. The second kappa shape index (κ2) is 42.2. The van der Waals surface area contributed by atoms with E-state index in [1.807, 2.05) is 4.90 Å². The maximum absolute atomic E-state index is 15.6. The first-order valence-electron chi connectivity index (χ1n) is 39.8. The number of rotatable bonds is 29. The van der Waals surface area contributed by atoms with Crippen molar-refractivity contribution in [3.05, 3.63) is 24.0 Å². The number of cyclic esters (lactones) is 1. The zero-order chi connectivity index (χ0) is 87.9. The van der Waals surface area contributed by atoms with Gasteiger partial charge in [-0.05, 0) is 174 Å². The van der Waals surface area contributed by atoms with Crippen molar-refractivity contribution in [3.8, 4) is 0 Å². The minimum absolute atomic E-state index is 0.00744. The number of alkyl carbamates (subject to hydrolysis) is 6. The molecule has 38 nitrogen and oxygen atoms in total. The monoisotopic (exact) mass is 1720 g/mol. The molecule has 672 valence electrons. The van der Waals surface area contributed by atoms with Crippen LogP contribution in [0.15, 0.2) is 18.2 Å². The van der Waals surface area contributed by atoms with Gasteiger partial charge >= 0.3 is 42.7 Å². The molecule has 1 aromatic rings. The van der Waals surface area contributed by atoms with Gasteiger partial charge in [0.25, 0.3) is 0 Å². The van der Waals surface area contributed by atoms with Gasteiger partial charge in [-0.15, -0.1) is 0 Å². The zero-order valence-electron chi connectivity index (χ0n) is 71.0. The number of nitrogens with one attached hydrogen (secondary N) is 7. The lowest BCUT2D eigenvalue weighted by Gasteiger charge is -2.49. The number of halogens is 1. The van der Waals surface area contributed by atoms with Crippen molar-refractivity contribution in [1.82, 2.24) is 42.1 Å². The summed E-state index contributed by atoms with van der Waals surface area (Å²) < 4.78 is 93.9. The number of ether oxygens (including phenoxy) is 13. The Kier molecular flexibility index (Phi) is 35.1. The third kappa shape index (κ3) is 31.2. The number of piperazine rings is 1. The fourth-order valence-electron chi connectivity index (χ4n) is 13.4. The molecular formula is C77H127FN10O28S2. The standard InChI is InChI=1S/C77H127FN10O28S2/c1-40(89)79-34-42-37-88(71(103)104-42)41-24-25-46(43(78)32-41)86-26-28-87(29-27-86)50(90)39-118-31-23-21-20-22-30-117-38-49-60(109-63-52(85-70(102)116-77(17,18)19)57(95)55(93)48(106-63)36-81-66(98)112-73(5,6)7)58(96)64(107-49)110-61-53(91)44(82-67(99)113-74(8,9)10)33-45(83-68(100)114-75(11,12)13)59(61)108-62-51(84-69(101)115-76(14,15)16)56(94)54(92)47(105-62)35-80-65(97)111-72(2,3)4/h24-25,32,42,44-45,47-49,51-64,91-96H,20-23,26-31,33-39H2,1-19H3,(H,79,89)(H,80,97)(H,81,98)(H,82,99)(H,83,100)(H,84,101)(H,85,102)/t42-,44+,45-,47+,48+,49+,51+,52?,53-,54-,55-,56+,57+,58+,59+,60+,61+,62-,63-,64-/m0/s1. The van der Waals surface area contributed by atoms with E-state index in [4.69, 9.17) is 61.6 Å². The fourth-order valence-corrected chi connectivity index (χ4v) is 15.4. The summed E-state index contributed by atoms with van der Waals surface area (Å²) in [5.74, 6) is 0.527. The number of carbonyl (C=O) groups is 9. The smallest absolute Gasteiger partial charge is 0.414 e. The lowest BCUT2D eigenvalue weighted by molar-refractivity contribution is -0.310. The minimum Gasteiger partial charge on any atom is -0.444 e. The number of hydrogen-bond acceptors (Lipinski definition) is 31. The highest BCUT2D eigenvalue weighted by atomic mass is 32.2. The number of anilines is 2. The average molecular weight is 1720 g/mol. The van der Waals surface area contributed by atoms with E-state index in [0.29, 0.717) is 55.5 Å². The lowest BCUT2D eigenvalue weighted by atomic mass is 9.83. The van der Waals surface area contributed by atoms with Gasteiger partial charge < -0.3 is 139 Å². The van der Waals surface area contributed by atoms with Crippen LogP contribution in [0.25, 0.3) is 0 Å². The van der Waals surface area contributed by atoms with Crippen molar-refractivity contribution in [3.63, 3.8) is 0 Å². The number of carbonyl (C=O) groups excluding carboxylic acids is 9. The van der Waals surface area contributed by atoms with E-state index in [1.54, 1.807) is 142 Å². The molecule has 5 saturated heterocycles. The van der Waals surface area contributed by atoms with Crippen LogP contribution in [0.4, 0.5) is 49.3 Å². The lowest BCUT2D eigenvalue weighted by Crippen LogP contribution is -2.70. The molecule has 1 unspecified atom stereocenters. The van der Waals surface area contributed by atoms with Gasteiger partial charge in [-0.2, -0.15) is 23.5 Å². The van der Waals surface area contributed by atoms with Crippen LogP contribution >= 0.6 is 23.5 Å². The normalized spacial score (nSPS) is 29.1. The van der Waals surface area contributed by atoms with Gasteiger partial charge in [0.1, 0.15) is 125 Å². The minimum atomic E-state index is -2.01. The van der Waals surface area contributed by atoms with E-state index in [-0.39, 0.29) is 36.4 Å². The predicted octanol–water partition coefficient (Wildman–Crippen LogP) is 4.48. The van der Waals surface area contributed by atoms with Crippen LogP contribution in [0.1, 0.15) is 164 Å². The predicted molar refractivity (Wildman–Crippen MR) is 427 cm³/mol. The number of hydrogen-bond donors (Lipinski definition) is 13. The maximum atomic E-state index is 15.6. The van der Waals surface area contributed by atoms with E-state index >= 15 is 4.39 Å². The van der Waals surface area contributed by atoms with Crippen LogP contribution in [0.3, 0.4) is 0 Å². The van der Waals surface area contributed by atoms with Crippen molar-refractivity contribution in [2.24, 2.45) is 0 Å². The summed E-state index contributed by atoms with van der Waals surface area (Å²) in [6.07, 6.45) is -32.1. The summed E-state index contributed by atoms with van der Waals surface area (Å²) in [6.45, 7) is 30.7. The van der Waals surface area contributed by atoms with E-state index in [2.05, 4.69) is 37.2 Å². The van der Waals surface area contributed by atoms with Gasteiger partial charge in [0.15, 0.2) is 18.9 Å². The molecule has 1 aromatic carbocycles. The number of nitrogens with zero attached hydrogens (tertiary/aromatic N) is 3. The van der Waals surface area contributed by atoms with Crippen molar-refractivity contribution in [2.45, 2.75) is 320 Å². The Balaban J connectivity index is 1.13. The quantitative estimate of drug-likeness (QED) is 0.0388. The molecule has 1 aliphatic carbocycles. The zero-order valence-corrected chi connectivity index (χ0v) is 72.6. The SMILES string of the molecule is CC(=O)NC[C@H]1CN(c2ccc(N3CCN(C(=O)CSCCCCCCSC[C@H]4O[C@@H](O[C@@H]5[C@@H](O)[C@H](NC(=O)OC(C)(C)C)C[C@H](NC(=O)OC(C)(C)C)[C@H]5O[C@@H]5O[C@H](CNC(=O)OC(C)(C)C)[C@H](O)[C@H](O)[C@H]5NC(=O)OC(C)(C)C)[C@H](O)[C@@H]4O[C@@H]4O[C@H](CNC(=O)OC(C)(C)C)[C@H](O)[C@H](O)C4NC(=O)OC(C)(C)C)CC3)c(F)c2)C(=O)O1. The average Bonchev–Trinajstić information content (AvgIpc) is 1.33. The maximum Gasteiger partial charge on any atom is 0.414 e. The van der Waals surface area contributed by atoms with Crippen LogP contribution in [0.5, 0.6) is 0 Å². The molecule has 6 fully saturated rings. The Bertz CT molecular complexity index is 3510. The third-order valence-electron chi connectivity index (χ3n) is 18.5. The number of amides is 9. The van der Waals surface area contributed by atoms with Crippen molar-refractivity contribution in [1.29, 1.82) is 0 Å². The van der Waals surface area contributed by atoms with Crippen LogP contribution in [-0.4, -0.2) is 321 Å². The summed E-state index contributed by atoms with van der Waals surface area (Å²) in [5, 5.41) is 91.2.